The SMILES string of the molecule is Cc1cc(NC(=O)NCc2ccnc(-n3cccn3)c2)n[nH]1. The number of aromatic nitrogens is 5. The zero-order chi connectivity index (χ0) is 15.4. The van der Waals surface area contributed by atoms with E-state index in [1.54, 1.807) is 23.1 Å². The summed E-state index contributed by atoms with van der Waals surface area (Å²) in [5.41, 5.74) is 1.81. The van der Waals surface area contributed by atoms with Crippen molar-refractivity contribution >= 4 is 11.8 Å². The van der Waals surface area contributed by atoms with E-state index in [0.29, 0.717) is 18.2 Å². The number of carbonyl (C=O) groups excluding carboxylic acids is 1. The Morgan fingerprint density at radius 3 is 3.00 bits per heavy atom. The highest BCUT2D eigenvalue weighted by molar-refractivity contribution is 5.88. The van der Waals surface area contributed by atoms with Crippen LogP contribution in [0.1, 0.15) is 11.3 Å². The van der Waals surface area contributed by atoms with Crippen molar-refractivity contribution in [1.82, 2.24) is 30.3 Å². The third kappa shape index (κ3) is 3.29. The number of pyridine rings is 1. The Hall–Kier alpha value is -3.16. The summed E-state index contributed by atoms with van der Waals surface area (Å²) in [4.78, 5) is 16.0. The van der Waals surface area contributed by atoms with Gasteiger partial charge in [-0.2, -0.15) is 10.2 Å². The number of nitrogens with one attached hydrogen (secondary N) is 3. The molecule has 112 valence electrons. The molecule has 3 N–H and O–H groups in total. The fraction of sp³-hybridized carbons (Fsp3) is 0.143. The third-order valence-corrected chi connectivity index (χ3v) is 2.95. The minimum atomic E-state index is -0.316. The first-order valence-corrected chi connectivity index (χ1v) is 6.72. The summed E-state index contributed by atoms with van der Waals surface area (Å²) in [6.07, 6.45) is 5.18. The van der Waals surface area contributed by atoms with Gasteiger partial charge in [-0.15, -0.1) is 0 Å². The van der Waals surface area contributed by atoms with E-state index in [1.165, 1.54) is 0 Å². The molecule has 0 aliphatic rings. The van der Waals surface area contributed by atoms with E-state index in [2.05, 4.69) is 30.9 Å². The molecule has 0 spiro atoms. The van der Waals surface area contributed by atoms with Gasteiger partial charge in [0.25, 0.3) is 0 Å². The Balaban J connectivity index is 1.59. The molecule has 3 aromatic rings. The van der Waals surface area contributed by atoms with E-state index in [-0.39, 0.29) is 6.03 Å². The molecule has 0 aliphatic heterocycles. The molecular formula is C14H15N7O. The van der Waals surface area contributed by atoms with Crippen molar-refractivity contribution < 1.29 is 4.79 Å². The lowest BCUT2D eigenvalue weighted by Gasteiger charge is -2.07. The van der Waals surface area contributed by atoms with Crippen LogP contribution in [0.4, 0.5) is 10.6 Å². The van der Waals surface area contributed by atoms with E-state index in [1.807, 2.05) is 31.3 Å². The van der Waals surface area contributed by atoms with Gasteiger partial charge in [-0.05, 0) is 30.7 Å². The van der Waals surface area contributed by atoms with Crippen molar-refractivity contribution in [3.8, 4) is 5.82 Å². The molecule has 22 heavy (non-hydrogen) atoms. The molecule has 8 heteroatoms. The largest absolute Gasteiger partial charge is 0.334 e. The van der Waals surface area contributed by atoms with Crippen LogP contribution in [-0.2, 0) is 6.54 Å². The van der Waals surface area contributed by atoms with Gasteiger partial charge in [0.2, 0.25) is 0 Å². The summed E-state index contributed by atoms with van der Waals surface area (Å²) in [5.74, 6) is 1.19. The fourth-order valence-corrected chi connectivity index (χ4v) is 1.93. The number of rotatable bonds is 4. The lowest BCUT2D eigenvalue weighted by atomic mass is 10.2. The van der Waals surface area contributed by atoms with Crippen molar-refractivity contribution in [2.45, 2.75) is 13.5 Å². The van der Waals surface area contributed by atoms with Crippen LogP contribution in [0.25, 0.3) is 5.82 Å². The standard InChI is InChI=1S/C14H15N7O/c1-10-7-12(20-19-10)18-14(22)16-9-11-3-5-15-13(8-11)21-6-2-4-17-21/h2-8H,9H2,1H3,(H3,16,18,19,20,22). The lowest BCUT2D eigenvalue weighted by molar-refractivity contribution is 0.251. The van der Waals surface area contributed by atoms with Crippen LogP contribution in [-0.4, -0.2) is 31.0 Å². The van der Waals surface area contributed by atoms with Gasteiger partial charge in [0, 0.05) is 36.9 Å². The molecule has 0 bridgehead atoms. The Bertz CT molecular complexity index is 763. The van der Waals surface area contributed by atoms with E-state index < -0.39 is 0 Å². The summed E-state index contributed by atoms with van der Waals surface area (Å²) >= 11 is 0. The monoisotopic (exact) mass is 297 g/mol. The maximum absolute atomic E-state index is 11.8. The zero-order valence-corrected chi connectivity index (χ0v) is 11.9. The van der Waals surface area contributed by atoms with Crippen LogP contribution in [0, 0.1) is 6.92 Å². The molecule has 8 nitrogen and oxygen atoms in total. The fourth-order valence-electron chi connectivity index (χ4n) is 1.93. The van der Waals surface area contributed by atoms with Crippen LogP contribution in [0.2, 0.25) is 0 Å². The van der Waals surface area contributed by atoms with Gasteiger partial charge in [0.15, 0.2) is 11.6 Å². The van der Waals surface area contributed by atoms with E-state index in [0.717, 1.165) is 11.3 Å². The predicted octanol–water partition coefficient (Wildman–Crippen LogP) is 1.62. The van der Waals surface area contributed by atoms with Crippen LogP contribution in [0.3, 0.4) is 0 Å². The van der Waals surface area contributed by atoms with Gasteiger partial charge in [0.05, 0.1) is 0 Å². The number of hydrogen-bond acceptors (Lipinski definition) is 4. The average molecular weight is 297 g/mol. The highest BCUT2D eigenvalue weighted by atomic mass is 16.2. The molecule has 0 unspecified atom stereocenters. The van der Waals surface area contributed by atoms with Crippen molar-refractivity contribution in [2.75, 3.05) is 5.32 Å². The lowest BCUT2D eigenvalue weighted by Crippen LogP contribution is -2.28. The molecule has 0 fully saturated rings. The summed E-state index contributed by atoms with van der Waals surface area (Å²) < 4.78 is 1.66. The second-order valence-electron chi connectivity index (χ2n) is 4.72. The molecule has 3 rings (SSSR count). The topological polar surface area (TPSA) is 101 Å². The molecule has 0 saturated heterocycles. The third-order valence-electron chi connectivity index (χ3n) is 2.95. The highest BCUT2D eigenvalue weighted by Gasteiger charge is 2.05. The number of amides is 2. The van der Waals surface area contributed by atoms with Crippen LogP contribution < -0.4 is 10.6 Å². The number of aryl methyl sites for hydroxylation is 1. The summed E-state index contributed by atoms with van der Waals surface area (Å²) in [6, 6.07) is 6.97. The minimum absolute atomic E-state index is 0.316. The Morgan fingerprint density at radius 2 is 2.27 bits per heavy atom. The van der Waals surface area contributed by atoms with Crippen molar-refractivity contribution in [2.24, 2.45) is 0 Å². The van der Waals surface area contributed by atoms with Crippen molar-refractivity contribution in [3.05, 3.63) is 54.1 Å². The maximum Gasteiger partial charge on any atom is 0.320 e. The molecule has 2 amide bonds. The zero-order valence-electron chi connectivity index (χ0n) is 11.9. The number of H-pyrrole nitrogens is 1. The Morgan fingerprint density at radius 1 is 1.36 bits per heavy atom. The van der Waals surface area contributed by atoms with E-state index in [4.69, 9.17) is 0 Å². The molecule has 0 atom stereocenters. The molecule has 3 heterocycles. The number of urea groups is 1. The summed E-state index contributed by atoms with van der Waals surface area (Å²) in [6.45, 7) is 2.25. The van der Waals surface area contributed by atoms with E-state index >= 15 is 0 Å². The highest BCUT2D eigenvalue weighted by Crippen LogP contribution is 2.07. The summed E-state index contributed by atoms with van der Waals surface area (Å²) in [5, 5.41) is 16.2. The van der Waals surface area contributed by atoms with Gasteiger partial charge in [-0.1, -0.05) is 0 Å². The molecule has 3 aromatic heterocycles. The first-order chi connectivity index (χ1) is 10.7. The predicted molar refractivity (Wildman–Crippen MR) is 80.5 cm³/mol. The smallest absolute Gasteiger partial charge is 0.320 e. The number of hydrogen-bond donors (Lipinski definition) is 3. The van der Waals surface area contributed by atoms with Crippen LogP contribution in [0.15, 0.2) is 42.9 Å². The minimum Gasteiger partial charge on any atom is -0.334 e. The molecule has 0 aliphatic carbocycles. The van der Waals surface area contributed by atoms with Gasteiger partial charge in [0.1, 0.15) is 0 Å². The summed E-state index contributed by atoms with van der Waals surface area (Å²) in [7, 11) is 0. The second kappa shape index (κ2) is 6.08. The first kappa shape index (κ1) is 13.8. The number of nitrogens with zero attached hydrogens (tertiary/aromatic N) is 4. The molecule has 0 saturated carbocycles. The van der Waals surface area contributed by atoms with Crippen molar-refractivity contribution in [1.29, 1.82) is 0 Å². The molecule has 0 radical (unpaired) electrons. The first-order valence-electron chi connectivity index (χ1n) is 6.72. The van der Waals surface area contributed by atoms with Gasteiger partial charge in [-0.25, -0.2) is 14.5 Å². The normalized spacial score (nSPS) is 10.4. The maximum atomic E-state index is 11.8. The van der Waals surface area contributed by atoms with E-state index in [9.17, 15) is 4.79 Å². The van der Waals surface area contributed by atoms with Gasteiger partial charge in [-0.3, -0.25) is 10.4 Å². The second-order valence-corrected chi connectivity index (χ2v) is 4.72. The average Bonchev–Trinajstić information content (AvgIpc) is 3.17. The van der Waals surface area contributed by atoms with Crippen LogP contribution in [0.5, 0.6) is 0 Å². The quantitative estimate of drug-likeness (QED) is 0.681. The molecular weight excluding hydrogens is 282 g/mol. The number of anilines is 1. The number of carbonyl (C=O) groups is 1. The Labute approximate surface area is 126 Å². The van der Waals surface area contributed by atoms with Gasteiger partial charge >= 0.3 is 6.03 Å². The Kier molecular flexibility index (Phi) is 3.82. The molecule has 0 aromatic carbocycles. The number of aromatic amines is 1. The van der Waals surface area contributed by atoms with Gasteiger partial charge < -0.3 is 5.32 Å². The van der Waals surface area contributed by atoms with Crippen LogP contribution >= 0.6 is 0 Å². The van der Waals surface area contributed by atoms with Crippen molar-refractivity contribution in [3.63, 3.8) is 0 Å².